The van der Waals surface area contributed by atoms with Crippen molar-refractivity contribution in [2.45, 2.75) is 32.4 Å². The van der Waals surface area contributed by atoms with Crippen LogP contribution in [0.15, 0.2) is 27.8 Å². The Morgan fingerprint density at radius 2 is 0.788 bits per heavy atom. The van der Waals surface area contributed by atoms with Gasteiger partial charge in [-0.2, -0.15) is 0 Å². The number of methoxy groups -OCH3 is 1. The van der Waals surface area contributed by atoms with E-state index in [0.29, 0.717) is 41.5 Å². The average molecular weight is 2850 g/mol. The normalized spacial score (nSPS) is 16.5. The third-order valence-electron chi connectivity index (χ3n) is 11.0. The predicted octanol–water partition coefficient (Wildman–Crippen LogP) is 46.4. The van der Waals surface area contributed by atoms with Crippen LogP contribution in [-0.2, 0) is 9.47 Å². The monoisotopic (exact) mass is 2850 g/mol. The number of halogens is 1. The van der Waals surface area contributed by atoms with Crippen molar-refractivity contribution in [1.29, 1.82) is 0 Å². The first kappa shape index (κ1) is 129. The first-order chi connectivity index (χ1) is 47.9. The second-order valence-electron chi connectivity index (χ2n) is 19.6. The van der Waals surface area contributed by atoms with E-state index in [0.717, 1.165) is 13.6 Å². The molecule has 608 valence electrons. The van der Waals surface area contributed by atoms with Gasteiger partial charge in [0, 0.05) is 38.3 Å². The van der Waals surface area contributed by atoms with Crippen molar-refractivity contribution < 1.29 is 19.1 Å². The van der Waals surface area contributed by atoms with Gasteiger partial charge in [-0.05, 0) is 287 Å². The van der Waals surface area contributed by atoms with Gasteiger partial charge in [0.15, 0.2) is 3.92 Å². The molecule has 1 N–H and O–H groups in total. The largest absolute Gasteiger partial charge is 0.444 e. The van der Waals surface area contributed by atoms with E-state index in [9.17, 15) is 9.59 Å². The maximum atomic E-state index is 12.7. The predicted molar refractivity (Wildman–Crippen MR) is 733 cm³/mol. The van der Waals surface area contributed by atoms with E-state index >= 15 is 0 Å². The molecule has 0 saturated carbocycles. The van der Waals surface area contributed by atoms with Gasteiger partial charge in [0.1, 0.15) is 11.3 Å². The van der Waals surface area contributed by atoms with Gasteiger partial charge >= 0.3 is 6.09 Å². The van der Waals surface area contributed by atoms with Crippen molar-refractivity contribution in [3.63, 3.8) is 0 Å². The third-order valence-corrected chi connectivity index (χ3v) is 526. The minimum Gasteiger partial charge on any atom is -0.444 e. The van der Waals surface area contributed by atoms with Crippen LogP contribution < -0.4 is 10.2 Å². The first-order valence-electron chi connectivity index (χ1n) is 26.4. The highest BCUT2D eigenvalue weighted by molar-refractivity contribution is 9.57. The van der Waals surface area contributed by atoms with Gasteiger partial charge in [-0.1, -0.05) is 7.96 Å². The molecule has 9 nitrogen and oxygen atoms in total. The Morgan fingerprint density at radius 3 is 1.04 bits per heavy atom. The number of carbonyl (C=O) groups is 2. The number of aromatic nitrogens is 2. The number of amides is 2. The minimum atomic E-state index is -0.570. The Morgan fingerprint density at radius 1 is 0.490 bits per heavy atom. The summed E-state index contributed by atoms with van der Waals surface area (Å²) in [7, 11) is 137. The number of ether oxygens (including phenoxy) is 2. The second-order valence-corrected chi connectivity index (χ2v) is 322. The van der Waals surface area contributed by atoms with Crippen LogP contribution in [0.4, 0.5) is 16.2 Å². The number of nitrogens with one attached hydrogen (secondary N) is 1. The molecule has 3 heterocycles. The van der Waals surface area contributed by atoms with Gasteiger partial charge in [0.25, 0.3) is 5.91 Å². The van der Waals surface area contributed by atoms with Crippen LogP contribution in [-0.4, -0.2) is 71.9 Å². The van der Waals surface area contributed by atoms with Gasteiger partial charge in [-0.3, -0.25) is 14.7 Å². The lowest BCUT2D eigenvalue weighted by Crippen LogP contribution is -2.57. The zero-order valence-corrected chi connectivity index (χ0v) is 133. The third kappa shape index (κ3) is 44.2. The molecule has 1 aliphatic rings. The molecule has 2 aromatic rings. The van der Waals surface area contributed by atoms with Crippen molar-refractivity contribution >= 4 is 634 Å². The highest BCUT2D eigenvalue weighted by atomic mass is 79.9. The van der Waals surface area contributed by atoms with Crippen molar-refractivity contribution in [1.82, 2.24) is 14.9 Å². The summed E-state index contributed by atoms with van der Waals surface area (Å²) in [6, 6.07) is 1.65. The number of rotatable bonds is 40. The number of piperazine rings is 1. The summed E-state index contributed by atoms with van der Waals surface area (Å²) in [6.07, 6.45) is 2.93. The molecular formula is C20H101BrN5O4P73S. The molecule has 0 spiro atoms. The van der Waals surface area contributed by atoms with E-state index in [1.807, 2.05) is 26.8 Å². The standard InChI is InChI=1S/C20H26BrN5O4S.H75P73/c1-20(2,3)30-19(28)26-8-7-25(10-13(26)11-29-4)16-5-6-22-9-14(16)23-17(27)15-12-31-18(21)24-15;1-38-57(39(2)3)66(56(36)37)71(67(58(40(4)5)41(6)7)59(42(8)9)43(10)11)73(70(64(52(28)29)53(30)31)65(54(32)33)55(34)35)72(68(60(44(12)13)45(14)15)61(46(16)17)47(18)19)69(62(48(20)21)49(22)23)63(50(24)25)51(26)27/h5-6,9,12-13H,7-8,10-11H2,1-4H3,(H,23,27);38H,1-37H2/t13-;/m1./s1. The van der Waals surface area contributed by atoms with E-state index in [-0.39, 0.29) is 263 Å². The number of carbonyl (C=O) groups excluding carboxylic acids is 2. The van der Waals surface area contributed by atoms with Gasteiger partial charge in [0.2, 0.25) is 0 Å². The minimum absolute atomic E-state index is 0.194. The fraction of sp³-hybridized carbons (Fsp3) is 0.500. The summed E-state index contributed by atoms with van der Waals surface area (Å²) in [4.78, 5) is 37.4. The van der Waals surface area contributed by atoms with Crippen molar-refractivity contribution in [2.24, 2.45) is 0 Å². The molecule has 43 atom stereocenters. The maximum absolute atomic E-state index is 12.7. The first-order valence-corrected chi connectivity index (χ1v) is 161. The molecule has 3 rings (SSSR count). The van der Waals surface area contributed by atoms with Gasteiger partial charge in [-0.15, -0.1) is 342 Å². The van der Waals surface area contributed by atoms with Crippen LogP contribution in [0.3, 0.4) is 0 Å². The van der Waals surface area contributed by atoms with Crippen LogP contribution >= 0.6 is 610 Å². The van der Waals surface area contributed by atoms with Crippen LogP contribution in [0.2, 0.25) is 0 Å². The molecule has 1 saturated heterocycles. The van der Waals surface area contributed by atoms with E-state index in [1.165, 1.54) is 11.3 Å². The molecule has 1 fully saturated rings. The Kier molecular flexibility index (Phi) is 85.1. The van der Waals surface area contributed by atoms with E-state index in [1.54, 1.807) is 29.8 Å². The van der Waals surface area contributed by atoms with Crippen molar-refractivity contribution in [2.75, 3.05) is 43.6 Å². The average Bonchev–Trinajstić information content (AvgIpc) is 0.805. The molecular weight excluding hydrogens is 2750 g/mol. The summed E-state index contributed by atoms with van der Waals surface area (Å²) in [5.74, 6) is -0.308. The van der Waals surface area contributed by atoms with E-state index < -0.39 is 5.60 Å². The second kappa shape index (κ2) is 68.5. The zero-order chi connectivity index (χ0) is 80.5. The molecule has 2 amide bonds. The number of hydrogen-bond donors (Lipinski definition) is 1. The topological polar surface area (TPSA) is 96.9 Å². The van der Waals surface area contributed by atoms with Crippen LogP contribution in [0.25, 0.3) is 0 Å². The molecule has 42 unspecified atom stereocenters. The van der Waals surface area contributed by atoms with E-state index in [2.05, 4.69) is 366 Å². The SMILES string of the molecule is COC[C@H]1CN(c2ccncc2NC(=O)c2csc(Br)n2)CCN1C(=O)OC(C)(C)C.PPP(P(P)P)P(P(P)P)P(P(P(P(P)P)P(P)P)P(P(P)P)P(P)P)P(P(P(P(P)P)P(P)P)P(P(P)P)P(P)P)P(P(P(P(P)P)P(P)P)P(P(P)P)P(P)P)P(P(P(P)P)P(P)P)P(P(P)P)P(P)P. The van der Waals surface area contributed by atoms with Crippen LogP contribution in [0, 0.1) is 0 Å². The highest BCUT2D eigenvalue weighted by Crippen LogP contribution is 3.51. The molecule has 0 aliphatic carbocycles. The summed E-state index contributed by atoms with van der Waals surface area (Å²) in [6.45, 7) is -2.96. The smallest absolute Gasteiger partial charge is 0.410 e. The summed E-state index contributed by atoms with van der Waals surface area (Å²) >= 11 is 4.62. The molecule has 0 radical (unpaired) electrons. The number of nitrogens with zero attached hydrogens (tertiary/aromatic N) is 4. The molecule has 2 aromatic heterocycles. The molecule has 1 aliphatic heterocycles. The van der Waals surface area contributed by atoms with E-state index in [4.69, 9.17) is 9.47 Å². The number of anilines is 2. The van der Waals surface area contributed by atoms with Crippen LogP contribution in [0.5, 0.6) is 0 Å². The Labute approximate surface area is 765 Å². The quantitative estimate of drug-likeness (QED) is 0.0664. The maximum Gasteiger partial charge on any atom is 0.410 e. The lowest BCUT2D eigenvalue weighted by molar-refractivity contribution is 0.00344. The number of thiazole rings is 1. The van der Waals surface area contributed by atoms with Gasteiger partial charge in [0.05, 0.1) is 30.2 Å². The molecule has 0 bridgehead atoms. The molecule has 104 heavy (non-hydrogen) atoms. The number of hydrogen-bond acceptors (Lipinski definition) is 8. The fourth-order valence-corrected chi connectivity index (χ4v) is 1080. The zero-order valence-electron chi connectivity index (χ0n) is 55.4. The Hall–Kier alpha value is 29.1. The Bertz CT molecular complexity index is 2580. The van der Waals surface area contributed by atoms with Crippen LogP contribution in [0.1, 0.15) is 31.3 Å². The van der Waals surface area contributed by atoms with Gasteiger partial charge < -0.3 is 19.7 Å². The van der Waals surface area contributed by atoms with Crippen molar-refractivity contribution in [3.8, 4) is 0 Å². The lowest BCUT2D eigenvalue weighted by atomic mass is 10.1. The summed E-state index contributed by atoms with van der Waals surface area (Å²) in [5, 5.41) is 4.58. The van der Waals surface area contributed by atoms with Gasteiger partial charge in [-0.25, -0.2) is 9.78 Å². The summed E-state index contributed by atoms with van der Waals surface area (Å²) < 4.78 is 11.6. The highest BCUT2D eigenvalue weighted by Gasteiger charge is 2.64. The fourth-order valence-electron chi connectivity index (χ4n) is 7.68. The summed E-state index contributed by atoms with van der Waals surface area (Å²) in [5.41, 5.74) is 1.17. The van der Waals surface area contributed by atoms with Crippen molar-refractivity contribution in [3.05, 3.63) is 33.5 Å². The molecule has 0 aromatic carbocycles. The number of pyridine rings is 1. The Balaban J connectivity index is 0.000000971. The molecule has 84 heteroatoms. The lowest BCUT2D eigenvalue weighted by Gasteiger charge is -2.62.